The number of hydrogen-bond donors (Lipinski definition) is 0. The first-order valence-electron chi connectivity index (χ1n) is 9.88. The number of hydrogen-bond acceptors (Lipinski definition) is 2. The molecule has 2 aliphatic heterocycles. The number of likely N-dealkylation sites (tertiary alicyclic amines) is 2. The molecule has 25 heavy (non-hydrogen) atoms. The number of carbonyl (C=O) groups is 2. The minimum atomic E-state index is -0.166. The Labute approximate surface area is 150 Å². The van der Waals surface area contributed by atoms with Gasteiger partial charge in [-0.25, -0.2) is 0 Å². The maximum atomic E-state index is 13.0. The van der Waals surface area contributed by atoms with Crippen LogP contribution in [0.3, 0.4) is 0 Å². The van der Waals surface area contributed by atoms with Crippen LogP contribution in [0.4, 0.5) is 0 Å². The molecule has 4 nitrogen and oxygen atoms in total. The summed E-state index contributed by atoms with van der Waals surface area (Å²) in [6, 6.07) is 10.5. The van der Waals surface area contributed by atoms with Gasteiger partial charge in [0.25, 0.3) is 0 Å². The lowest BCUT2D eigenvalue weighted by molar-refractivity contribution is -0.147. The molecule has 3 atom stereocenters. The quantitative estimate of drug-likeness (QED) is 0.827. The van der Waals surface area contributed by atoms with Crippen molar-refractivity contribution in [2.45, 2.75) is 63.5 Å². The number of nitrogens with zero attached hydrogens (tertiary/aromatic N) is 2. The van der Waals surface area contributed by atoms with Crippen molar-refractivity contribution in [3.8, 4) is 0 Å². The van der Waals surface area contributed by atoms with Crippen molar-refractivity contribution in [2.24, 2.45) is 5.92 Å². The normalized spacial score (nSPS) is 27.9. The Balaban J connectivity index is 1.38. The number of benzene rings is 1. The van der Waals surface area contributed by atoms with Gasteiger partial charge in [-0.1, -0.05) is 30.3 Å². The van der Waals surface area contributed by atoms with E-state index < -0.39 is 0 Å². The Kier molecular flexibility index (Phi) is 4.78. The van der Waals surface area contributed by atoms with Gasteiger partial charge in [-0.15, -0.1) is 0 Å². The van der Waals surface area contributed by atoms with Gasteiger partial charge in [-0.05, 0) is 56.4 Å². The van der Waals surface area contributed by atoms with E-state index in [-0.39, 0.29) is 17.9 Å². The highest BCUT2D eigenvalue weighted by Gasteiger charge is 2.51. The summed E-state index contributed by atoms with van der Waals surface area (Å²) in [6.07, 6.45) is 7.80. The lowest BCUT2D eigenvalue weighted by atomic mass is 9.96. The Bertz CT molecular complexity index is 624. The third kappa shape index (κ3) is 3.31. The summed E-state index contributed by atoms with van der Waals surface area (Å²) in [5, 5.41) is 0. The highest BCUT2D eigenvalue weighted by molar-refractivity contribution is 5.89. The predicted octanol–water partition coefficient (Wildman–Crippen LogP) is 3.01. The molecule has 2 unspecified atom stereocenters. The summed E-state index contributed by atoms with van der Waals surface area (Å²) in [5.74, 6) is 0.818. The number of amides is 2. The molecule has 2 saturated heterocycles. The maximum absolute atomic E-state index is 13.0. The zero-order chi connectivity index (χ0) is 17.2. The lowest BCUT2D eigenvalue weighted by Gasteiger charge is -2.36. The molecular formula is C21H28N2O2. The van der Waals surface area contributed by atoms with Crippen molar-refractivity contribution in [1.29, 1.82) is 0 Å². The highest BCUT2D eigenvalue weighted by atomic mass is 16.2. The monoisotopic (exact) mass is 340 g/mol. The molecule has 134 valence electrons. The lowest BCUT2D eigenvalue weighted by Crippen LogP contribution is -2.53. The molecule has 0 aromatic heterocycles. The van der Waals surface area contributed by atoms with Crippen molar-refractivity contribution >= 4 is 11.8 Å². The Morgan fingerprint density at radius 1 is 1.04 bits per heavy atom. The van der Waals surface area contributed by atoms with Crippen LogP contribution in [-0.2, 0) is 16.0 Å². The van der Waals surface area contributed by atoms with E-state index in [1.165, 1.54) is 5.56 Å². The smallest absolute Gasteiger partial charge is 0.245 e. The zero-order valence-electron chi connectivity index (χ0n) is 14.9. The first kappa shape index (κ1) is 16.6. The van der Waals surface area contributed by atoms with Crippen LogP contribution in [0.1, 0.15) is 50.5 Å². The fraction of sp³-hybridized carbons (Fsp3) is 0.619. The van der Waals surface area contributed by atoms with E-state index in [9.17, 15) is 9.59 Å². The second kappa shape index (κ2) is 7.19. The van der Waals surface area contributed by atoms with E-state index in [4.69, 9.17) is 0 Å². The van der Waals surface area contributed by atoms with E-state index in [2.05, 4.69) is 12.1 Å². The molecule has 0 spiro atoms. The third-order valence-electron chi connectivity index (χ3n) is 6.24. The van der Waals surface area contributed by atoms with Crippen LogP contribution in [0.5, 0.6) is 0 Å². The van der Waals surface area contributed by atoms with Crippen molar-refractivity contribution in [1.82, 2.24) is 9.80 Å². The van der Waals surface area contributed by atoms with Crippen LogP contribution < -0.4 is 0 Å². The largest absolute Gasteiger partial charge is 0.341 e. The van der Waals surface area contributed by atoms with Gasteiger partial charge in [0.2, 0.25) is 11.8 Å². The summed E-state index contributed by atoms with van der Waals surface area (Å²) < 4.78 is 0. The molecule has 1 aliphatic carbocycles. The van der Waals surface area contributed by atoms with Crippen LogP contribution in [0.15, 0.2) is 30.3 Å². The fourth-order valence-electron chi connectivity index (χ4n) is 5.01. The third-order valence-corrected chi connectivity index (χ3v) is 6.24. The van der Waals surface area contributed by atoms with Crippen molar-refractivity contribution < 1.29 is 9.59 Å². The van der Waals surface area contributed by atoms with Gasteiger partial charge < -0.3 is 9.80 Å². The summed E-state index contributed by atoms with van der Waals surface area (Å²) in [6.45, 7) is 1.76. The van der Waals surface area contributed by atoms with Crippen LogP contribution in [0.2, 0.25) is 0 Å². The van der Waals surface area contributed by atoms with Crippen LogP contribution in [-0.4, -0.2) is 46.8 Å². The topological polar surface area (TPSA) is 40.6 Å². The van der Waals surface area contributed by atoms with Crippen molar-refractivity contribution in [3.63, 3.8) is 0 Å². The highest BCUT2D eigenvalue weighted by Crippen LogP contribution is 2.43. The van der Waals surface area contributed by atoms with Crippen LogP contribution in [0.25, 0.3) is 0 Å². The Hall–Kier alpha value is -1.84. The molecule has 0 N–H and O–H groups in total. The van der Waals surface area contributed by atoms with Crippen LogP contribution in [0, 0.1) is 5.92 Å². The molecule has 1 saturated carbocycles. The average molecular weight is 340 g/mol. The first-order valence-corrected chi connectivity index (χ1v) is 9.88. The molecule has 2 heterocycles. The Morgan fingerprint density at radius 3 is 2.56 bits per heavy atom. The minimum absolute atomic E-state index is 0.166. The van der Waals surface area contributed by atoms with E-state index in [0.717, 1.165) is 58.0 Å². The number of carbonyl (C=O) groups excluding carboxylic acids is 2. The van der Waals surface area contributed by atoms with Gasteiger partial charge in [0.15, 0.2) is 0 Å². The molecule has 1 aromatic rings. The van der Waals surface area contributed by atoms with E-state index >= 15 is 0 Å². The molecule has 4 rings (SSSR count). The predicted molar refractivity (Wildman–Crippen MR) is 97.0 cm³/mol. The van der Waals surface area contributed by atoms with Gasteiger partial charge in [0.1, 0.15) is 6.04 Å². The van der Waals surface area contributed by atoms with Crippen molar-refractivity contribution in [2.75, 3.05) is 13.1 Å². The van der Waals surface area contributed by atoms with Gasteiger partial charge >= 0.3 is 0 Å². The SMILES string of the molecule is O=C([C@H]1C2CCC(C2)N1C(=O)CCCc1ccccc1)N1CCCC1. The molecule has 0 radical (unpaired) electrons. The van der Waals surface area contributed by atoms with E-state index in [1.807, 2.05) is 28.0 Å². The molecular weight excluding hydrogens is 312 g/mol. The van der Waals surface area contributed by atoms with Gasteiger partial charge in [0, 0.05) is 25.6 Å². The van der Waals surface area contributed by atoms with Crippen molar-refractivity contribution in [3.05, 3.63) is 35.9 Å². The van der Waals surface area contributed by atoms with Gasteiger partial charge in [-0.3, -0.25) is 9.59 Å². The maximum Gasteiger partial charge on any atom is 0.245 e. The second-order valence-corrected chi connectivity index (χ2v) is 7.84. The molecule has 1 aromatic carbocycles. The number of piperidine rings is 1. The van der Waals surface area contributed by atoms with E-state index in [1.54, 1.807) is 0 Å². The minimum Gasteiger partial charge on any atom is -0.341 e. The number of aryl methyl sites for hydroxylation is 1. The standard InChI is InChI=1S/C21H28N2O2/c24-19(10-6-9-16-7-2-1-3-8-16)23-18-12-11-17(15-18)20(23)21(25)22-13-4-5-14-22/h1-3,7-8,17-18,20H,4-6,9-15H2/t17?,18?,20-/m1/s1. The summed E-state index contributed by atoms with van der Waals surface area (Å²) in [7, 11) is 0. The second-order valence-electron chi connectivity index (χ2n) is 7.84. The average Bonchev–Trinajstić information content (AvgIpc) is 3.38. The number of rotatable bonds is 5. The summed E-state index contributed by atoms with van der Waals surface area (Å²) in [4.78, 5) is 29.9. The molecule has 4 heteroatoms. The Morgan fingerprint density at radius 2 is 1.80 bits per heavy atom. The van der Waals surface area contributed by atoms with Gasteiger partial charge in [0.05, 0.1) is 0 Å². The summed E-state index contributed by atoms with van der Waals surface area (Å²) >= 11 is 0. The van der Waals surface area contributed by atoms with E-state index in [0.29, 0.717) is 18.4 Å². The van der Waals surface area contributed by atoms with Gasteiger partial charge in [-0.2, -0.15) is 0 Å². The first-order chi connectivity index (χ1) is 12.2. The molecule has 3 aliphatic rings. The van der Waals surface area contributed by atoms with Crippen LogP contribution >= 0.6 is 0 Å². The summed E-state index contributed by atoms with van der Waals surface area (Å²) in [5.41, 5.74) is 1.28. The number of fused-ring (bicyclic) bond motifs is 2. The molecule has 2 amide bonds. The fourth-order valence-corrected chi connectivity index (χ4v) is 5.01. The zero-order valence-corrected chi connectivity index (χ0v) is 14.9. The molecule has 3 fully saturated rings. The molecule has 2 bridgehead atoms.